The summed E-state index contributed by atoms with van der Waals surface area (Å²) < 4.78 is 0. The van der Waals surface area contributed by atoms with Crippen molar-refractivity contribution in [2.75, 3.05) is 13.1 Å². The summed E-state index contributed by atoms with van der Waals surface area (Å²) in [4.78, 5) is 48.4. The number of aryl methyl sites for hydroxylation is 1. The summed E-state index contributed by atoms with van der Waals surface area (Å²) >= 11 is 6.78. The van der Waals surface area contributed by atoms with E-state index >= 15 is 0 Å². The lowest BCUT2D eigenvalue weighted by atomic mass is 10.1. The summed E-state index contributed by atoms with van der Waals surface area (Å²) in [5, 5.41) is 12.8. The maximum Gasteiger partial charge on any atom is 0.293 e. The third kappa shape index (κ3) is 4.87. The Morgan fingerprint density at radius 3 is 2.57 bits per heavy atom. The van der Waals surface area contributed by atoms with E-state index in [0.717, 1.165) is 33.9 Å². The number of nitro groups is 1. The fraction of sp³-hybridized carbons (Fsp3) is 0.150. The summed E-state index contributed by atoms with van der Waals surface area (Å²) in [6.07, 6.45) is 1.65. The van der Waals surface area contributed by atoms with Gasteiger partial charge in [-0.05, 0) is 36.4 Å². The van der Waals surface area contributed by atoms with Crippen LogP contribution in [0.15, 0.2) is 47.4 Å². The summed E-state index contributed by atoms with van der Waals surface area (Å²) in [6.45, 7) is 1.96. The van der Waals surface area contributed by atoms with Gasteiger partial charge in [0.2, 0.25) is 0 Å². The first-order chi connectivity index (χ1) is 14.3. The highest BCUT2D eigenvalue weighted by molar-refractivity contribution is 8.18. The summed E-state index contributed by atoms with van der Waals surface area (Å²) in [5.41, 5.74) is 1.74. The molecular formula is C20H16ClN3O5S. The number of thioether (sulfide) groups is 1. The molecule has 10 heteroatoms. The van der Waals surface area contributed by atoms with Crippen LogP contribution in [0.4, 0.5) is 10.5 Å². The minimum absolute atomic E-state index is 0.00769. The van der Waals surface area contributed by atoms with E-state index in [1.807, 2.05) is 31.2 Å². The first kappa shape index (κ1) is 21.5. The van der Waals surface area contributed by atoms with Gasteiger partial charge in [-0.1, -0.05) is 41.4 Å². The zero-order chi connectivity index (χ0) is 21.8. The fourth-order valence-electron chi connectivity index (χ4n) is 2.69. The Kier molecular flexibility index (Phi) is 6.53. The second kappa shape index (κ2) is 9.10. The highest BCUT2D eigenvalue weighted by Crippen LogP contribution is 2.32. The van der Waals surface area contributed by atoms with Crippen LogP contribution < -0.4 is 5.32 Å². The van der Waals surface area contributed by atoms with Gasteiger partial charge in [0.15, 0.2) is 0 Å². The lowest BCUT2D eigenvalue weighted by Gasteiger charge is -2.13. The highest BCUT2D eigenvalue weighted by Gasteiger charge is 2.34. The van der Waals surface area contributed by atoms with Crippen molar-refractivity contribution in [1.29, 1.82) is 0 Å². The van der Waals surface area contributed by atoms with Gasteiger partial charge >= 0.3 is 0 Å². The van der Waals surface area contributed by atoms with E-state index in [-0.39, 0.29) is 29.4 Å². The number of amides is 3. The minimum Gasteiger partial charge on any atom is -0.350 e. The number of benzene rings is 2. The van der Waals surface area contributed by atoms with E-state index in [2.05, 4.69) is 5.32 Å². The van der Waals surface area contributed by atoms with Crippen molar-refractivity contribution >= 4 is 52.2 Å². The molecule has 3 rings (SSSR count). The number of non-ortho nitro benzene ring substituents is 1. The topological polar surface area (TPSA) is 110 Å². The second-order valence-corrected chi connectivity index (χ2v) is 7.82. The Bertz CT molecular complexity index is 1070. The monoisotopic (exact) mass is 445 g/mol. The average molecular weight is 446 g/mol. The first-order valence-electron chi connectivity index (χ1n) is 8.80. The molecule has 1 heterocycles. The molecule has 3 amide bonds. The van der Waals surface area contributed by atoms with Crippen molar-refractivity contribution in [3.8, 4) is 0 Å². The number of carbonyl (C=O) groups is 3. The summed E-state index contributed by atoms with van der Waals surface area (Å²) in [6, 6.07) is 11.1. The van der Waals surface area contributed by atoms with Crippen molar-refractivity contribution in [3.63, 3.8) is 0 Å². The molecule has 1 aliphatic rings. The standard InChI is InChI=1S/C20H16ClN3O5S/c1-12-2-4-13(5-3-12)10-17-19(26)23(20(27)30-17)9-8-22-18(25)15-7-6-14(24(28)29)11-16(15)21/h2-7,10-11H,8-9H2,1H3,(H,22,25)/b17-10-. The lowest BCUT2D eigenvalue weighted by Crippen LogP contribution is -2.37. The predicted molar refractivity (Wildman–Crippen MR) is 114 cm³/mol. The predicted octanol–water partition coefficient (Wildman–Crippen LogP) is 4.02. The zero-order valence-electron chi connectivity index (χ0n) is 15.8. The van der Waals surface area contributed by atoms with Crippen LogP contribution in [0.3, 0.4) is 0 Å². The Hall–Kier alpha value is -3.17. The van der Waals surface area contributed by atoms with Crippen LogP contribution in [0.5, 0.6) is 0 Å². The average Bonchev–Trinajstić information content (AvgIpc) is 2.96. The Morgan fingerprint density at radius 2 is 1.93 bits per heavy atom. The smallest absolute Gasteiger partial charge is 0.293 e. The van der Waals surface area contributed by atoms with Crippen LogP contribution in [0, 0.1) is 17.0 Å². The van der Waals surface area contributed by atoms with Crippen LogP contribution in [0.25, 0.3) is 6.08 Å². The number of carbonyl (C=O) groups excluding carboxylic acids is 3. The molecule has 2 aromatic carbocycles. The molecule has 1 saturated heterocycles. The molecule has 1 N–H and O–H groups in total. The number of nitrogens with zero attached hydrogens (tertiary/aromatic N) is 2. The molecule has 0 bridgehead atoms. The Labute approximate surface area is 181 Å². The Morgan fingerprint density at radius 1 is 1.23 bits per heavy atom. The van der Waals surface area contributed by atoms with Gasteiger partial charge < -0.3 is 5.32 Å². The largest absolute Gasteiger partial charge is 0.350 e. The maximum absolute atomic E-state index is 12.5. The van der Waals surface area contributed by atoms with Gasteiger partial charge in [0, 0.05) is 25.2 Å². The summed E-state index contributed by atoms with van der Waals surface area (Å²) in [7, 11) is 0. The van der Waals surface area contributed by atoms with Crippen molar-refractivity contribution in [2.45, 2.75) is 6.92 Å². The van der Waals surface area contributed by atoms with Gasteiger partial charge in [-0.15, -0.1) is 0 Å². The molecule has 154 valence electrons. The number of nitro benzene ring substituents is 1. The van der Waals surface area contributed by atoms with Gasteiger partial charge in [-0.2, -0.15) is 0 Å². The lowest BCUT2D eigenvalue weighted by molar-refractivity contribution is -0.384. The van der Waals surface area contributed by atoms with Crippen molar-refractivity contribution in [2.24, 2.45) is 0 Å². The maximum atomic E-state index is 12.5. The van der Waals surface area contributed by atoms with Crippen LogP contribution >= 0.6 is 23.4 Å². The molecular weight excluding hydrogens is 430 g/mol. The fourth-order valence-corrected chi connectivity index (χ4v) is 3.81. The number of rotatable bonds is 6. The first-order valence-corrected chi connectivity index (χ1v) is 10.00. The molecule has 0 atom stereocenters. The van der Waals surface area contributed by atoms with Gasteiger partial charge in [0.1, 0.15) is 0 Å². The van der Waals surface area contributed by atoms with E-state index in [9.17, 15) is 24.5 Å². The van der Waals surface area contributed by atoms with Crippen molar-refractivity contribution in [1.82, 2.24) is 10.2 Å². The number of hydrogen-bond donors (Lipinski definition) is 1. The van der Waals surface area contributed by atoms with Gasteiger partial charge in [-0.3, -0.25) is 29.4 Å². The quantitative estimate of drug-likeness (QED) is 0.408. The third-order valence-corrected chi connectivity index (χ3v) is 5.50. The molecule has 0 aliphatic carbocycles. The van der Waals surface area contributed by atoms with Crippen LogP contribution in [0.1, 0.15) is 21.5 Å². The van der Waals surface area contributed by atoms with E-state index in [0.29, 0.717) is 4.91 Å². The van der Waals surface area contributed by atoms with Crippen molar-refractivity contribution < 1.29 is 19.3 Å². The third-order valence-electron chi connectivity index (χ3n) is 4.28. The van der Waals surface area contributed by atoms with E-state index in [4.69, 9.17) is 11.6 Å². The minimum atomic E-state index is -0.614. The highest BCUT2D eigenvalue weighted by atomic mass is 35.5. The molecule has 0 radical (unpaired) electrons. The number of nitrogens with one attached hydrogen (secondary N) is 1. The zero-order valence-corrected chi connectivity index (χ0v) is 17.3. The molecule has 1 fully saturated rings. The molecule has 0 spiro atoms. The van der Waals surface area contributed by atoms with E-state index in [1.54, 1.807) is 6.08 Å². The Balaban J connectivity index is 1.60. The molecule has 0 unspecified atom stereocenters. The molecule has 2 aromatic rings. The van der Waals surface area contributed by atoms with Gasteiger partial charge in [0.05, 0.1) is 20.4 Å². The van der Waals surface area contributed by atoms with E-state index in [1.165, 1.54) is 12.1 Å². The molecule has 0 saturated carbocycles. The van der Waals surface area contributed by atoms with E-state index < -0.39 is 22.0 Å². The second-order valence-electron chi connectivity index (χ2n) is 6.42. The molecule has 8 nitrogen and oxygen atoms in total. The van der Waals surface area contributed by atoms with Crippen LogP contribution in [-0.2, 0) is 4.79 Å². The normalized spacial score (nSPS) is 15.0. The SMILES string of the molecule is Cc1ccc(/C=C2\SC(=O)N(CCNC(=O)c3ccc([N+](=O)[O-])cc3Cl)C2=O)cc1. The summed E-state index contributed by atoms with van der Waals surface area (Å²) in [5.74, 6) is -0.981. The van der Waals surface area contributed by atoms with Crippen LogP contribution in [-0.4, -0.2) is 40.0 Å². The van der Waals surface area contributed by atoms with Gasteiger partial charge in [-0.25, -0.2) is 0 Å². The van der Waals surface area contributed by atoms with Gasteiger partial charge in [0.25, 0.3) is 22.7 Å². The molecule has 0 aromatic heterocycles. The molecule has 30 heavy (non-hydrogen) atoms. The van der Waals surface area contributed by atoms with Crippen LogP contribution in [0.2, 0.25) is 5.02 Å². The number of imide groups is 1. The molecule has 1 aliphatic heterocycles. The number of hydrogen-bond acceptors (Lipinski definition) is 6. The number of halogens is 1. The van der Waals surface area contributed by atoms with Crippen molar-refractivity contribution in [3.05, 3.63) is 79.2 Å².